The van der Waals surface area contributed by atoms with Crippen molar-refractivity contribution in [1.29, 1.82) is 0 Å². The minimum absolute atomic E-state index is 0.210. The number of hydrogen-bond donors (Lipinski definition) is 1. The molecule has 0 aliphatic carbocycles. The second kappa shape index (κ2) is 6.05. The van der Waals surface area contributed by atoms with Gasteiger partial charge in [0.1, 0.15) is 6.04 Å². The Bertz CT molecular complexity index is 1020. The lowest BCUT2D eigenvalue weighted by atomic mass is 9.84. The van der Waals surface area contributed by atoms with Crippen molar-refractivity contribution in [3.8, 4) is 0 Å². The van der Waals surface area contributed by atoms with E-state index in [4.69, 9.17) is 5.73 Å². The first-order valence-corrected chi connectivity index (χ1v) is 9.31. The highest BCUT2D eigenvalue weighted by atomic mass is 16.2. The minimum atomic E-state index is -0.822. The zero-order chi connectivity index (χ0) is 19.4. The maximum atomic E-state index is 13.3. The monoisotopic (exact) mass is 373 g/mol. The van der Waals surface area contributed by atoms with Gasteiger partial charge in [-0.1, -0.05) is 54.6 Å². The number of benzene rings is 2. The van der Waals surface area contributed by atoms with Crippen molar-refractivity contribution in [3.05, 3.63) is 77.5 Å². The highest BCUT2D eigenvalue weighted by Crippen LogP contribution is 2.52. The summed E-state index contributed by atoms with van der Waals surface area (Å²) in [5, 5.41) is 0. The Kier molecular flexibility index (Phi) is 3.62. The van der Waals surface area contributed by atoms with Gasteiger partial charge in [-0.3, -0.25) is 19.3 Å². The summed E-state index contributed by atoms with van der Waals surface area (Å²) < 4.78 is 0. The smallest absolute Gasteiger partial charge is 0.240 e. The maximum Gasteiger partial charge on any atom is 0.240 e. The Labute approximate surface area is 162 Å². The summed E-state index contributed by atoms with van der Waals surface area (Å²) in [7, 11) is 0. The number of primary amides is 1. The predicted octanol–water partition coefficient (Wildman–Crippen LogP) is 1.68. The van der Waals surface area contributed by atoms with E-state index in [1.165, 1.54) is 4.90 Å². The van der Waals surface area contributed by atoms with E-state index >= 15 is 0 Å². The molecule has 3 amide bonds. The van der Waals surface area contributed by atoms with Crippen LogP contribution in [0.1, 0.15) is 22.7 Å². The Balaban J connectivity index is 1.58. The van der Waals surface area contributed by atoms with Gasteiger partial charge in [-0.05, 0) is 22.8 Å². The number of amides is 3. The minimum Gasteiger partial charge on any atom is -0.368 e. The number of nitrogens with two attached hydrogens (primary N) is 1. The Morgan fingerprint density at radius 3 is 2.36 bits per heavy atom. The van der Waals surface area contributed by atoms with Crippen LogP contribution in [0.15, 0.2) is 60.8 Å². The van der Waals surface area contributed by atoms with Crippen LogP contribution < -0.4 is 5.73 Å². The molecule has 2 N–H and O–H groups in total. The number of hydrogen-bond acceptors (Lipinski definition) is 4. The van der Waals surface area contributed by atoms with Gasteiger partial charge in [-0.15, -0.1) is 0 Å². The van der Waals surface area contributed by atoms with Crippen LogP contribution >= 0.6 is 0 Å². The number of fused-ring (bicyclic) bond motifs is 5. The van der Waals surface area contributed by atoms with Crippen molar-refractivity contribution in [1.82, 2.24) is 9.80 Å². The van der Waals surface area contributed by atoms with E-state index in [1.54, 1.807) is 11.1 Å². The van der Waals surface area contributed by atoms with Crippen LogP contribution in [-0.2, 0) is 20.9 Å². The van der Waals surface area contributed by atoms with Crippen molar-refractivity contribution >= 4 is 23.8 Å². The molecule has 2 saturated heterocycles. The molecule has 3 heterocycles. The van der Waals surface area contributed by atoms with Gasteiger partial charge in [0.15, 0.2) is 0 Å². The van der Waals surface area contributed by atoms with Crippen LogP contribution in [0, 0.1) is 11.8 Å². The molecule has 0 radical (unpaired) electrons. The molecule has 3 aliphatic heterocycles. The molecule has 3 aliphatic rings. The fourth-order valence-corrected chi connectivity index (χ4v) is 4.87. The third-order valence-electron chi connectivity index (χ3n) is 6.03. The molecular weight excluding hydrogens is 354 g/mol. The van der Waals surface area contributed by atoms with E-state index in [0.29, 0.717) is 0 Å². The lowest BCUT2D eigenvalue weighted by Gasteiger charge is -2.34. The predicted molar refractivity (Wildman–Crippen MR) is 102 cm³/mol. The quantitative estimate of drug-likeness (QED) is 0.830. The first-order valence-electron chi connectivity index (χ1n) is 9.31. The van der Waals surface area contributed by atoms with Crippen LogP contribution in [0.5, 0.6) is 0 Å². The number of carbonyl (C=O) groups excluding carboxylic acids is 3. The summed E-state index contributed by atoms with van der Waals surface area (Å²) in [6.45, 7) is 0.210. The zero-order valence-electron chi connectivity index (χ0n) is 15.1. The van der Waals surface area contributed by atoms with Crippen molar-refractivity contribution in [2.75, 3.05) is 0 Å². The van der Waals surface area contributed by atoms with Gasteiger partial charge in [0.2, 0.25) is 17.7 Å². The SMILES string of the molecule is NC(=O)[C@@H]1[C@@H]2C(=O)N(Cc3ccccc3)C(=O)[C@H]2[C@@H]2c3ccccc3C=CN12. The average Bonchev–Trinajstić information content (AvgIpc) is 3.18. The van der Waals surface area contributed by atoms with Crippen molar-refractivity contribution in [2.24, 2.45) is 17.6 Å². The highest BCUT2D eigenvalue weighted by molar-refractivity contribution is 6.09. The van der Waals surface area contributed by atoms with Crippen LogP contribution in [0.3, 0.4) is 0 Å². The van der Waals surface area contributed by atoms with Crippen LogP contribution in [0.25, 0.3) is 6.08 Å². The molecule has 0 spiro atoms. The first kappa shape index (κ1) is 16.7. The third-order valence-corrected chi connectivity index (χ3v) is 6.03. The molecule has 6 nitrogen and oxygen atoms in total. The summed E-state index contributed by atoms with van der Waals surface area (Å²) in [5.74, 6) is -2.50. The van der Waals surface area contributed by atoms with Crippen LogP contribution in [0.4, 0.5) is 0 Å². The molecule has 0 aromatic heterocycles. The second-order valence-corrected chi connectivity index (χ2v) is 7.48. The van der Waals surface area contributed by atoms with Gasteiger partial charge < -0.3 is 10.6 Å². The summed E-state index contributed by atoms with van der Waals surface area (Å²) in [6, 6.07) is 16.0. The average molecular weight is 373 g/mol. The molecule has 28 heavy (non-hydrogen) atoms. The molecule has 2 fully saturated rings. The molecule has 0 bridgehead atoms. The van der Waals surface area contributed by atoms with E-state index in [9.17, 15) is 14.4 Å². The van der Waals surface area contributed by atoms with Gasteiger partial charge in [-0.25, -0.2) is 0 Å². The fourth-order valence-electron chi connectivity index (χ4n) is 4.87. The lowest BCUT2D eigenvalue weighted by molar-refractivity contribution is -0.143. The topological polar surface area (TPSA) is 83.7 Å². The van der Waals surface area contributed by atoms with E-state index in [2.05, 4.69) is 0 Å². The number of rotatable bonds is 3. The molecule has 4 atom stereocenters. The number of nitrogens with zero attached hydrogens (tertiary/aromatic N) is 2. The zero-order valence-corrected chi connectivity index (χ0v) is 15.1. The number of likely N-dealkylation sites (tertiary alicyclic amines) is 1. The van der Waals surface area contributed by atoms with Crippen LogP contribution in [-0.4, -0.2) is 33.6 Å². The largest absolute Gasteiger partial charge is 0.368 e. The van der Waals surface area contributed by atoms with Crippen LogP contribution in [0.2, 0.25) is 0 Å². The summed E-state index contributed by atoms with van der Waals surface area (Å²) in [5.41, 5.74) is 8.51. The fraction of sp³-hybridized carbons (Fsp3) is 0.227. The van der Waals surface area contributed by atoms with Crippen molar-refractivity contribution in [3.63, 3.8) is 0 Å². The van der Waals surface area contributed by atoms with Crippen molar-refractivity contribution in [2.45, 2.75) is 18.6 Å². The maximum absolute atomic E-state index is 13.3. The summed E-state index contributed by atoms with van der Waals surface area (Å²) >= 11 is 0. The third kappa shape index (κ3) is 2.24. The first-order chi connectivity index (χ1) is 13.6. The van der Waals surface area contributed by atoms with Gasteiger partial charge in [-0.2, -0.15) is 0 Å². The highest BCUT2D eigenvalue weighted by Gasteiger charge is 2.63. The van der Waals surface area contributed by atoms with Crippen molar-refractivity contribution < 1.29 is 14.4 Å². The Morgan fingerprint density at radius 1 is 0.929 bits per heavy atom. The van der Waals surface area contributed by atoms with Gasteiger partial charge in [0, 0.05) is 6.20 Å². The Morgan fingerprint density at radius 2 is 1.61 bits per heavy atom. The molecule has 2 aromatic rings. The molecule has 0 unspecified atom stereocenters. The van der Waals surface area contributed by atoms with Gasteiger partial charge >= 0.3 is 0 Å². The second-order valence-electron chi connectivity index (χ2n) is 7.48. The van der Waals surface area contributed by atoms with E-state index in [-0.39, 0.29) is 24.4 Å². The van der Waals surface area contributed by atoms with Gasteiger partial charge in [0.25, 0.3) is 0 Å². The normalized spacial score (nSPS) is 27.6. The molecular formula is C22H19N3O3. The molecule has 0 saturated carbocycles. The number of imide groups is 1. The van der Waals surface area contributed by atoms with Gasteiger partial charge in [0.05, 0.1) is 24.4 Å². The molecule has 140 valence electrons. The lowest BCUT2D eigenvalue weighted by Crippen LogP contribution is -2.46. The van der Waals surface area contributed by atoms with E-state index in [1.807, 2.05) is 60.7 Å². The molecule has 5 rings (SSSR count). The molecule has 6 heteroatoms. The summed E-state index contributed by atoms with van der Waals surface area (Å²) in [4.78, 5) is 41.9. The number of carbonyl (C=O) groups is 3. The Hall–Kier alpha value is -3.41. The standard InChI is InChI=1S/C22H19N3O3/c23-20(26)19-17-16(18-15-9-5-4-8-14(15)10-11-24(18)19)21(27)25(22(17)28)12-13-6-2-1-3-7-13/h1-11,16-19H,12H2,(H2,23,26)/t16-,17-,18+,19+/m1/s1. The van der Waals surface area contributed by atoms with E-state index < -0.39 is 23.8 Å². The van der Waals surface area contributed by atoms with E-state index in [0.717, 1.165) is 16.7 Å². The summed E-state index contributed by atoms with van der Waals surface area (Å²) in [6.07, 6.45) is 3.70. The molecule has 2 aromatic carbocycles.